The lowest BCUT2D eigenvalue weighted by Crippen LogP contribution is -2.56. The zero-order valence-corrected chi connectivity index (χ0v) is 22.4. The molecule has 0 N–H and O–H groups in total. The van der Waals surface area contributed by atoms with Crippen molar-refractivity contribution >= 4 is 11.8 Å². The Morgan fingerprint density at radius 1 is 1.11 bits per heavy atom. The van der Waals surface area contributed by atoms with Gasteiger partial charge >= 0.3 is 6.03 Å². The highest BCUT2D eigenvalue weighted by molar-refractivity contribution is 5.88. The highest BCUT2D eigenvalue weighted by Gasteiger charge is 2.55. The summed E-state index contributed by atoms with van der Waals surface area (Å²) >= 11 is 0. The van der Waals surface area contributed by atoms with E-state index in [1.807, 2.05) is 0 Å². The summed E-state index contributed by atoms with van der Waals surface area (Å²) in [5, 5.41) is 0. The first kappa shape index (κ1) is 25.6. The molecule has 2 aromatic rings. The summed E-state index contributed by atoms with van der Waals surface area (Å²) < 4.78 is 5.16. The van der Waals surface area contributed by atoms with E-state index in [0.29, 0.717) is 24.2 Å². The lowest BCUT2D eigenvalue weighted by molar-refractivity contribution is -0.119. The largest absolute Gasteiger partial charge is 0.481 e. The highest BCUT2D eigenvalue weighted by atomic mass is 16.5. The number of urea groups is 1. The molecule has 8 heteroatoms. The number of carbonyl (C=O) groups is 2. The van der Waals surface area contributed by atoms with E-state index < -0.39 is 0 Å². The van der Waals surface area contributed by atoms with Gasteiger partial charge < -0.3 is 14.5 Å². The summed E-state index contributed by atoms with van der Waals surface area (Å²) in [6.45, 7) is 1.52. The van der Waals surface area contributed by atoms with Gasteiger partial charge in [0.15, 0.2) is 5.78 Å². The molecule has 198 valence electrons. The Morgan fingerprint density at radius 3 is 2.46 bits per heavy atom. The fraction of sp³-hybridized carbons (Fsp3) is 0.586. The summed E-state index contributed by atoms with van der Waals surface area (Å²) in [5.74, 6) is 1.39. The van der Waals surface area contributed by atoms with E-state index in [0.717, 1.165) is 32.2 Å². The molecule has 1 aromatic carbocycles. The Labute approximate surface area is 220 Å². The molecule has 1 aliphatic heterocycles. The molecule has 1 spiro atoms. The molecule has 1 aromatic heterocycles. The van der Waals surface area contributed by atoms with Crippen LogP contribution >= 0.6 is 0 Å². The number of amides is 2. The number of methoxy groups -OCH3 is 1. The van der Waals surface area contributed by atoms with E-state index in [-0.39, 0.29) is 35.9 Å². The van der Waals surface area contributed by atoms with Crippen LogP contribution in [0.15, 0.2) is 42.6 Å². The number of aromatic nitrogens is 2. The number of hydrogen-bond donors (Lipinski definition) is 0. The minimum absolute atomic E-state index is 0.0175. The Balaban J connectivity index is 1.33. The van der Waals surface area contributed by atoms with Crippen molar-refractivity contribution in [3.8, 4) is 5.88 Å². The second-order valence-corrected chi connectivity index (χ2v) is 11.3. The van der Waals surface area contributed by atoms with E-state index in [2.05, 4.69) is 64.2 Å². The third-order valence-electron chi connectivity index (χ3n) is 9.01. The maximum atomic E-state index is 13.7. The lowest BCUT2D eigenvalue weighted by Gasteiger charge is -2.51. The molecule has 0 unspecified atom stereocenters. The predicted molar refractivity (Wildman–Crippen MR) is 141 cm³/mol. The SMILES string of the molecule is COc1ccnc(CC(=O)CN2CC3(CCC(c4ccccc4)(N(C)C)CC3)N(CC3CCC3)C2=O)n1. The van der Waals surface area contributed by atoms with E-state index in [9.17, 15) is 9.59 Å². The molecule has 0 atom stereocenters. The Bertz CT molecular complexity index is 1110. The topological polar surface area (TPSA) is 78.9 Å². The molecule has 2 saturated carbocycles. The third kappa shape index (κ3) is 4.96. The molecule has 0 radical (unpaired) electrons. The van der Waals surface area contributed by atoms with Crippen LogP contribution in [0.2, 0.25) is 0 Å². The molecule has 0 bridgehead atoms. The molecule has 2 amide bonds. The van der Waals surface area contributed by atoms with Crippen LogP contribution in [0.4, 0.5) is 4.79 Å². The molecule has 5 rings (SSSR count). The third-order valence-corrected chi connectivity index (χ3v) is 9.01. The van der Waals surface area contributed by atoms with Crippen LogP contribution < -0.4 is 4.74 Å². The molecule has 37 heavy (non-hydrogen) atoms. The van der Waals surface area contributed by atoms with Crippen molar-refractivity contribution in [1.82, 2.24) is 24.7 Å². The first-order chi connectivity index (χ1) is 17.8. The minimum atomic E-state index is -0.215. The fourth-order valence-electron chi connectivity index (χ4n) is 6.53. The van der Waals surface area contributed by atoms with Crippen LogP contribution in [0.1, 0.15) is 56.3 Å². The normalized spacial score (nSPS) is 26.1. The van der Waals surface area contributed by atoms with Crippen LogP contribution in [0.25, 0.3) is 0 Å². The van der Waals surface area contributed by atoms with Crippen molar-refractivity contribution in [3.63, 3.8) is 0 Å². The molecule has 2 aliphatic carbocycles. The fourth-order valence-corrected chi connectivity index (χ4v) is 6.53. The molecular weight excluding hydrogens is 466 g/mol. The number of nitrogens with zero attached hydrogens (tertiary/aromatic N) is 5. The Morgan fingerprint density at radius 2 is 1.84 bits per heavy atom. The number of ketones is 1. The summed E-state index contributed by atoms with van der Waals surface area (Å²) in [5.41, 5.74) is 1.09. The van der Waals surface area contributed by atoms with Crippen molar-refractivity contribution in [3.05, 3.63) is 54.0 Å². The Kier molecular flexibility index (Phi) is 7.21. The van der Waals surface area contributed by atoms with Crippen LogP contribution in [0, 0.1) is 5.92 Å². The van der Waals surface area contributed by atoms with E-state index in [1.165, 1.54) is 24.8 Å². The van der Waals surface area contributed by atoms with Gasteiger partial charge in [0.25, 0.3) is 0 Å². The van der Waals surface area contributed by atoms with Crippen molar-refractivity contribution in [2.45, 2.75) is 62.4 Å². The van der Waals surface area contributed by atoms with Crippen LogP contribution in [-0.2, 0) is 16.8 Å². The van der Waals surface area contributed by atoms with Gasteiger partial charge in [0.05, 0.1) is 25.6 Å². The van der Waals surface area contributed by atoms with Crippen LogP contribution in [-0.4, -0.2) is 82.9 Å². The second-order valence-electron chi connectivity index (χ2n) is 11.3. The number of carbonyl (C=O) groups excluding carboxylic acids is 2. The van der Waals surface area contributed by atoms with E-state index >= 15 is 0 Å². The number of Topliss-reactive ketones (excluding diaryl/α,β-unsaturated/α-hetero) is 1. The van der Waals surface area contributed by atoms with Gasteiger partial charge in [-0.05, 0) is 64.1 Å². The van der Waals surface area contributed by atoms with Gasteiger partial charge in [0, 0.05) is 30.9 Å². The predicted octanol–water partition coefficient (Wildman–Crippen LogP) is 3.90. The van der Waals surface area contributed by atoms with Gasteiger partial charge in [-0.3, -0.25) is 9.69 Å². The minimum Gasteiger partial charge on any atom is -0.481 e. The lowest BCUT2D eigenvalue weighted by atomic mass is 9.68. The van der Waals surface area contributed by atoms with Gasteiger partial charge in [-0.25, -0.2) is 9.78 Å². The van der Waals surface area contributed by atoms with Crippen molar-refractivity contribution in [2.75, 3.05) is 40.8 Å². The number of ether oxygens (including phenoxy) is 1. The maximum absolute atomic E-state index is 13.7. The van der Waals surface area contributed by atoms with E-state index in [4.69, 9.17) is 4.74 Å². The zero-order valence-electron chi connectivity index (χ0n) is 22.4. The molecule has 3 aliphatic rings. The van der Waals surface area contributed by atoms with Gasteiger partial charge in [-0.2, -0.15) is 4.98 Å². The maximum Gasteiger partial charge on any atom is 0.321 e. The van der Waals surface area contributed by atoms with Gasteiger partial charge in [-0.1, -0.05) is 36.8 Å². The van der Waals surface area contributed by atoms with Crippen molar-refractivity contribution in [1.29, 1.82) is 0 Å². The average molecular weight is 506 g/mol. The molecule has 3 fully saturated rings. The summed E-state index contributed by atoms with van der Waals surface area (Å²) in [4.78, 5) is 41.5. The first-order valence-corrected chi connectivity index (χ1v) is 13.5. The van der Waals surface area contributed by atoms with Gasteiger partial charge in [0.2, 0.25) is 5.88 Å². The molecule has 8 nitrogen and oxygen atoms in total. The first-order valence-electron chi connectivity index (χ1n) is 13.5. The quantitative estimate of drug-likeness (QED) is 0.514. The zero-order chi connectivity index (χ0) is 26.0. The number of benzene rings is 1. The Hall–Kier alpha value is -3.00. The smallest absolute Gasteiger partial charge is 0.321 e. The van der Waals surface area contributed by atoms with E-state index in [1.54, 1.807) is 24.3 Å². The average Bonchev–Trinajstić information content (AvgIpc) is 3.12. The van der Waals surface area contributed by atoms with Crippen LogP contribution in [0.3, 0.4) is 0 Å². The number of rotatable bonds is 9. The van der Waals surface area contributed by atoms with Crippen molar-refractivity contribution in [2.24, 2.45) is 5.92 Å². The highest BCUT2D eigenvalue weighted by Crippen LogP contribution is 2.49. The van der Waals surface area contributed by atoms with Gasteiger partial charge in [-0.15, -0.1) is 0 Å². The molecular formula is C29H39N5O3. The van der Waals surface area contributed by atoms with Crippen LogP contribution in [0.5, 0.6) is 5.88 Å². The second kappa shape index (κ2) is 10.4. The number of hydrogen-bond acceptors (Lipinski definition) is 6. The standard InChI is InChI=1S/C29H39N5O3/c1-32(2)29(23-10-5-4-6-11-23)15-13-28(14-16-29)21-33(27(36)34(28)19-22-8-7-9-22)20-24(35)18-25-30-17-12-26(31-25)37-3/h4-6,10-12,17,22H,7-9,13-16,18-21H2,1-3H3. The van der Waals surface area contributed by atoms with Gasteiger partial charge in [0.1, 0.15) is 5.82 Å². The summed E-state index contributed by atoms with van der Waals surface area (Å²) in [6, 6.07) is 12.4. The summed E-state index contributed by atoms with van der Waals surface area (Å²) in [7, 11) is 5.88. The summed E-state index contributed by atoms with van der Waals surface area (Å²) in [6.07, 6.45) is 9.15. The van der Waals surface area contributed by atoms with Crippen molar-refractivity contribution < 1.29 is 14.3 Å². The monoisotopic (exact) mass is 505 g/mol. The molecule has 2 heterocycles. The molecule has 1 saturated heterocycles.